The van der Waals surface area contributed by atoms with Gasteiger partial charge < -0.3 is 14.2 Å². The van der Waals surface area contributed by atoms with Crippen molar-refractivity contribution in [2.75, 3.05) is 19.7 Å². The lowest BCUT2D eigenvalue weighted by Crippen LogP contribution is -2.31. The zero-order chi connectivity index (χ0) is 16.2. The summed E-state index contributed by atoms with van der Waals surface area (Å²) < 4.78 is 7.40. The van der Waals surface area contributed by atoms with Crippen molar-refractivity contribution in [1.82, 2.24) is 14.5 Å². The number of halogens is 1. The molecule has 2 heterocycles. The van der Waals surface area contributed by atoms with Crippen molar-refractivity contribution < 1.29 is 9.53 Å². The van der Waals surface area contributed by atoms with Crippen LogP contribution >= 0.6 is 11.6 Å². The average molecular weight is 334 g/mol. The molecular formula is C17H20ClN3O2. The minimum absolute atomic E-state index is 0.0649. The van der Waals surface area contributed by atoms with Gasteiger partial charge in [-0.2, -0.15) is 0 Å². The predicted octanol–water partition coefficient (Wildman–Crippen LogP) is 2.75. The summed E-state index contributed by atoms with van der Waals surface area (Å²) in [6.07, 6.45) is 2.46. The molecule has 1 unspecified atom stereocenters. The summed E-state index contributed by atoms with van der Waals surface area (Å²) in [4.78, 5) is 18.4. The highest BCUT2D eigenvalue weighted by atomic mass is 35.5. The molecule has 3 rings (SSSR count). The summed E-state index contributed by atoms with van der Waals surface area (Å²) >= 11 is 5.95. The zero-order valence-corrected chi connectivity index (χ0v) is 13.9. The van der Waals surface area contributed by atoms with E-state index in [9.17, 15) is 4.79 Å². The van der Waals surface area contributed by atoms with Gasteiger partial charge in [0.2, 0.25) is 0 Å². The van der Waals surface area contributed by atoms with Gasteiger partial charge in [0.05, 0.1) is 19.4 Å². The maximum absolute atomic E-state index is 12.5. The smallest absolute Gasteiger partial charge is 0.289 e. The Morgan fingerprint density at radius 2 is 2.17 bits per heavy atom. The van der Waals surface area contributed by atoms with Crippen molar-refractivity contribution in [1.29, 1.82) is 0 Å². The molecule has 0 radical (unpaired) electrons. The zero-order valence-electron chi connectivity index (χ0n) is 13.1. The number of likely N-dealkylation sites (tertiary alicyclic amines) is 1. The Morgan fingerprint density at radius 3 is 2.87 bits per heavy atom. The van der Waals surface area contributed by atoms with Crippen LogP contribution in [0.15, 0.2) is 36.5 Å². The van der Waals surface area contributed by atoms with Gasteiger partial charge in [0.25, 0.3) is 5.91 Å². The molecule has 2 aromatic rings. The van der Waals surface area contributed by atoms with Gasteiger partial charge in [-0.25, -0.2) is 4.98 Å². The van der Waals surface area contributed by atoms with Crippen molar-refractivity contribution in [2.24, 2.45) is 13.0 Å². The summed E-state index contributed by atoms with van der Waals surface area (Å²) in [5.41, 5.74) is 1.17. The summed E-state index contributed by atoms with van der Waals surface area (Å²) in [7, 11) is 1.75. The molecule has 1 atom stereocenters. The van der Waals surface area contributed by atoms with Gasteiger partial charge in [-0.3, -0.25) is 4.79 Å². The minimum Gasteiger partial charge on any atom is -0.376 e. The van der Waals surface area contributed by atoms with E-state index in [2.05, 4.69) is 17.1 Å². The third-order valence-electron chi connectivity index (χ3n) is 4.16. The highest BCUT2D eigenvalue weighted by Crippen LogP contribution is 2.20. The number of carbonyl (C=O) groups excluding carboxylic acids is 1. The third-order valence-corrected chi connectivity index (χ3v) is 4.51. The summed E-state index contributed by atoms with van der Waals surface area (Å²) in [6, 6.07) is 10.1. The van der Waals surface area contributed by atoms with Gasteiger partial charge in [-0.05, 0) is 12.0 Å². The fourth-order valence-electron chi connectivity index (χ4n) is 2.80. The van der Waals surface area contributed by atoms with Gasteiger partial charge in [-0.1, -0.05) is 41.9 Å². The first-order valence-corrected chi connectivity index (χ1v) is 8.11. The molecule has 0 bridgehead atoms. The number of ether oxygens (including phenoxy) is 1. The molecular weight excluding hydrogens is 314 g/mol. The fraction of sp³-hybridized carbons (Fsp3) is 0.412. The predicted molar refractivity (Wildman–Crippen MR) is 88.3 cm³/mol. The molecule has 1 amide bonds. The molecule has 1 fully saturated rings. The molecule has 1 aromatic heterocycles. The first-order valence-electron chi connectivity index (χ1n) is 7.73. The van der Waals surface area contributed by atoms with E-state index < -0.39 is 0 Å². The van der Waals surface area contributed by atoms with Crippen LogP contribution in [0.1, 0.15) is 22.6 Å². The van der Waals surface area contributed by atoms with Crippen molar-refractivity contribution >= 4 is 17.5 Å². The normalized spacial score (nSPS) is 17.7. The van der Waals surface area contributed by atoms with E-state index in [4.69, 9.17) is 16.3 Å². The number of imidazole rings is 1. The van der Waals surface area contributed by atoms with E-state index in [1.165, 1.54) is 11.8 Å². The van der Waals surface area contributed by atoms with Gasteiger partial charge in [0, 0.05) is 26.1 Å². The number of carbonyl (C=O) groups is 1. The van der Waals surface area contributed by atoms with Crippen LogP contribution in [0.2, 0.25) is 5.15 Å². The van der Waals surface area contributed by atoms with E-state index >= 15 is 0 Å². The van der Waals surface area contributed by atoms with Crippen LogP contribution in [0.4, 0.5) is 0 Å². The lowest BCUT2D eigenvalue weighted by Gasteiger charge is -2.16. The quantitative estimate of drug-likeness (QED) is 0.845. The second-order valence-electron chi connectivity index (χ2n) is 5.87. The van der Waals surface area contributed by atoms with Gasteiger partial charge in [0.15, 0.2) is 5.82 Å². The molecule has 0 saturated carbocycles. The average Bonchev–Trinajstić information content (AvgIpc) is 3.16. The number of hydrogen-bond acceptors (Lipinski definition) is 3. The van der Waals surface area contributed by atoms with E-state index in [0.29, 0.717) is 36.7 Å². The molecule has 1 aliphatic rings. The van der Waals surface area contributed by atoms with Gasteiger partial charge in [0.1, 0.15) is 5.15 Å². The summed E-state index contributed by atoms with van der Waals surface area (Å²) in [5, 5.41) is 0.468. The van der Waals surface area contributed by atoms with Crippen LogP contribution in [-0.2, 0) is 18.4 Å². The largest absolute Gasteiger partial charge is 0.376 e. The van der Waals surface area contributed by atoms with Crippen molar-refractivity contribution in [3.05, 3.63) is 53.1 Å². The maximum Gasteiger partial charge on any atom is 0.289 e. The van der Waals surface area contributed by atoms with Crippen LogP contribution in [0, 0.1) is 5.92 Å². The molecule has 23 heavy (non-hydrogen) atoms. The first kappa shape index (κ1) is 16.0. The third kappa shape index (κ3) is 3.74. The van der Waals surface area contributed by atoms with E-state index in [-0.39, 0.29) is 5.91 Å². The Bertz CT molecular complexity index is 672. The van der Waals surface area contributed by atoms with E-state index in [0.717, 1.165) is 13.0 Å². The SMILES string of the molecule is Cn1c(Cl)cnc1C(=O)N1CCC(COCc2ccccc2)C1. The number of aromatic nitrogens is 2. The first-order chi connectivity index (χ1) is 11.1. The second kappa shape index (κ2) is 7.15. The highest BCUT2D eigenvalue weighted by molar-refractivity contribution is 6.29. The molecule has 1 aliphatic heterocycles. The monoisotopic (exact) mass is 333 g/mol. The Hall–Kier alpha value is -1.85. The van der Waals surface area contributed by atoms with Gasteiger partial charge in [-0.15, -0.1) is 0 Å². The molecule has 122 valence electrons. The fourth-order valence-corrected chi connectivity index (χ4v) is 2.93. The van der Waals surface area contributed by atoms with Crippen molar-refractivity contribution in [2.45, 2.75) is 13.0 Å². The number of rotatable bonds is 5. The Labute approximate surface area is 140 Å². The molecule has 6 heteroatoms. The van der Waals surface area contributed by atoms with Crippen LogP contribution < -0.4 is 0 Å². The number of benzene rings is 1. The highest BCUT2D eigenvalue weighted by Gasteiger charge is 2.29. The summed E-state index contributed by atoms with van der Waals surface area (Å²) in [6.45, 7) is 2.72. The molecule has 1 saturated heterocycles. The standard InChI is InChI=1S/C17H20ClN3O2/c1-20-15(18)9-19-16(20)17(22)21-8-7-14(10-21)12-23-11-13-5-3-2-4-6-13/h2-6,9,14H,7-8,10-12H2,1H3. The Morgan fingerprint density at radius 1 is 1.39 bits per heavy atom. The lowest BCUT2D eigenvalue weighted by molar-refractivity contribution is 0.0720. The molecule has 0 aliphatic carbocycles. The Kier molecular flexibility index (Phi) is 4.98. The van der Waals surface area contributed by atoms with E-state index in [1.807, 2.05) is 23.1 Å². The lowest BCUT2D eigenvalue weighted by atomic mass is 10.1. The van der Waals surface area contributed by atoms with E-state index in [1.54, 1.807) is 11.6 Å². The van der Waals surface area contributed by atoms with Crippen LogP contribution in [0.3, 0.4) is 0 Å². The van der Waals surface area contributed by atoms with Crippen LogP contribution in [-0.4, -0.2) is 40.1 Å². The number of hydrogen-bond donors (Lipinski definition) is 0. The summed E-state index contributed by atoms with van der Waals surface area (Å²) in [5.74, 6) is 0.698. The maximum atomic E-state index is 12.5. The molecule has 0 N–H and O–H groups in total. The number of nitrogens with zero attached hydrogens (tertiary/aromatic N) is 3. The second-order valence-corrected chi connectivity index (χ2v) is 6.26. The molecule has 1 aromatic carbocycles. The van der Waals surface area contributed by atoms with Gasteiger partial charge >= 0.3 is 0 Å². The molecule has 5 nitrogen and oxygen atoms in total. The van der Waals surface area contributed by atoms with Crippen LogP contribution in [0.5, 0.6) is 0 Å². The minimum atomic E-state index is -0.0649. The van der Waals surface area contributed by atoms with Crippen LogP contribution in [0.25, 0.3) is 0 Å². The number of amides is 1. The van der Waals surface area contributed by atoms with Crippen molar-refractivity contribution in [3.63, 3.8) is 0 Å². The Balaban J connectivity index is 1.48. The topological polar surface area (TPSA) is 47.4 Å². The molecule has 0 spiro atoms. The van der Waals surface area contributed by atoms with Crippen molar-refractivity contribution in [3.8, 4) is 0 Å².